The van der Waals surface area contributed by atoms with Crippen LogP contribution < -0.4 is 4.74 Å². The third-order valence-corrected chi connectivity index (χ3v) is 3.17. The van der Waals surface area contributed by atoms with Crippen LogP contribution in [0.2, 0.25) is 0 Å². The minimum Gasteiger partial charge on any atom is -0.488 e. The Morgan fingerprint density at radius 2 is 2.39 bits per heavy atom. The van der Waals surface area contributed by atoms with Gasteiger partial charge in [-0.25, -0.2) is 4.79 Å². The number of carboxylic acids is 1. The molecule has 92 valence electrons. The second-order valence-electron chi connectivity index (χ2n) is 4.17. The van der Waals surface area contributed by atoms with Crippen LogP contribution in [0.25, 0.3) is 11.3 Å². The van der Waals surface area contributed by atoms with E-state index in [2.05, 4.69) is 17.1 Å². The number of hydrogen-bond acceptors (Lipinski definition) is 3. The van der Waals surface area contributed by atoms with Crippen molar-refractivity contribution >= 4 is 5.97 Å². The van der Waals surface area contributed by atoms with Crippen molar-refractivity contribution in [2.75, 3.05) is 0 Å². The van der Waals surface area contributed by atoms with Crippen molar-refractivity contribution in [3.05, 3.63) is 35.0 Å². The Kier molecular flexibility index (Phi) is 2.33. The van der Waals surface area contributed by atoms with Crippen molar-refractivity contribution in [3.63, 3.8) is 0 Å². The van der Waals surface area contributed by atoms with Crippen LogP contribution in [0.4, 0.5) is 0 Å². The molecule has 0 spiro atoms. The quantitative estimate of drug-likeness (QED) is 0.849. The van der Waals surface area contributed by atoms with Crippen LogP contribution in [0.1, 0.15) is 28.5 Å². The van der Waals surface area contributed by atoms with Crippen LogP contribution in [-0.4, -0.2) is 21.3 Å². The maximum Gasteiger partial charge on any atom is 0.354 e. The lowest BCUT2D eigenvalue weighted by atomic mass is 9.99. The maximum absolute atomic E-state index is 11.0. The highest BCUT2D eigenvalue weighted by Gasteiger charge is 2.27. The summed E-state index contributed by atoms with van der Waals surface area (Å²) < 4.78 is 5.70. The summed E-state index contributed by atoms with van der Waals surface area (Å²) >= 11 is 0. The number of nitrogens with zero attached hydrogens (tertiary/aromatic N) is 1. The predicted molar refractivity (Wildman–Crippen MR) is 64.7 cm³/mol. The monoisotopic (exact) mass is 244 g/mol. The first kappa shape index (κ1) is 10.8. The lowest BCUT2D eigenvalue weighted by Crippen LogP contribution is -2.10. The fraction of sp³-hybridized carbons (Fsp3) is 0.231. The molecule has 2 aromatic rings. The third-order valence-electron chi connectivity index (χ3n) is 3.17. The normalized spacial score (nSPS) is 12.5. The van der Waals surface area contributed by atoms with E-state index in [9.17, 15) is 4.79 Å². The molecule has 0 bridgehead atoms. The second kappa shape index (κ2) is 3.87. The molecule has 0 unspecified atom stereocenters. The summed E-state index contributed by atoms with van der Waals surface area (Å²) in [6.07, 6.45) is 0.870. The van der Waals surface area contributed by atoms with Gasteiger partial charge in [-0.1, -0.05) is 19.1 Å². The summed E-state index contributed by atoms with van der Waals surface area (Å²) in [5.41, 5.74) is 3.38. The van der Waals surface area contributed by atoms with Gasteiger partial charge in [0.1, 0.15) is 18.1 Å². The first-order valence-corrected chi connectivity index (χ1v) is 5.78. The van der Waals surface area contributed by atoms with Gasteiger partial charge in [0, 0.05) is 5.56 Å². The zero-order chi connectivity index (χ0) is 12.7. The number of aromatic nitrogens is 2. The number of ether oxygens (including phenoxy) is 1. The van der Waals surface area contributed by atoms with E-state index in [1.165, 1.54) is 0 Å². The van der Waals surface area contributed by atoms with Gasteiger partial charge in [0.15, 0.2) is 5.69 Å². The van der Waals surface area contributed by atoms with E-state index in [1.807, 2.05) is 18.2 Å². The lowest BCUT2D eigenvalue weighted by Gasteiger charge is -2.19. The average Bonchev–Trinajstić information content (AvgIpc) is 2.82. The average molecular weight is 244 g/mol. The van der Waals surface area contributed by atoms with Crippen LogP contribution in [0.15, 0.2) is 18.2 Å². The Morgan fingerprint density at radius 3 is 3.11 bits per heavy atom. The highest BCUT2D eigenvalue weighted by molar-refractivity contribution is 5.90. The number of aryl methyl sites for hydroxylation is 1. The van der Waals surface area contributed by atoms with Crippen molar-refractivity contribution in [3.8, 4) is 17.0 Å². The Balaban J connectivity index is 2.21. The second-order valence-corrected chi connectivity index (χ2v) is 4.17. The smallest absolute Gasteiger partial charge is 0.354 e. The molecular weight excluding hydrogens is 232 g/mol. The molecule has 1 aliphatic heterocycles. The number of carboxylic acid groups (broad SMARTS) is 1. The van der Waals surface area contributed by atoms with Gasteiger partial charge in [0.2, 0.25) is 0 Å². The molecule has 5 heteroatoms. The molecule has 1 aromatic carbocycles. The van der Waals surface area contributed by atoms with E-state index in [1.54, 1.807) is 0 Å². The number of carbonyl (C=O) groups is 1. The summed E-state index contributed by atoms with van der Waals surface area (Å²) in [5.74, 6) is -0.196. The molecule has 1 aliphatic rings. The number of aromatic amines is 1. The van der Waals surface area contributed by atoms with Gasteiger partial charge in [-0.15, -0.1) is 0 Å². The molecule has 1 aromatic heterocycles. The molecule has 0 saturated carbocycles. The topological polar surface area (TPSA) is 75.2 Å². The highest BCUT2D eigenvalue weighted by atomic mass is 16.5. The van der Waals surface area contributed by atoms with Crippen molar-refractivity contribution in [2.24, 2.45) is 0 Å². The number of hydrogen-bond donors (Lipinski definition) is 2. The van der Waals surface area contributed by atoms with Crippen LogP contribution in [0.5, 0.6) is 5.75 Å². The summed E-state index contributed by atoms with van der Waals surface area (Å²) in [6.45, 7) is 2.30. The largest absolute Gasteiger partial charge is 0.488 e. The molecule has 0 aliphatic carbocycles. The van der Waals surface area contributed by atoms with E-state index in [0.717, 1.165) is 23.3 Å². The Bertz CT molecular complexity index is 631. The van der Waals surface area contributed by atoms with Gasteiger partial charge >= 0.3 is 5.97 Å². The highest BCUT2D eigenvalue weighted by Crippen LogP contribution is 2.39. The van der Waals surface area contributed by atoms with Crippen LogP contribution >= 0.6 is 0 Å². The van der Waals surface area contributed by atoms with E-state index in [-0.39, 0.29) is 12.3 Å². The molecule has 0 atom stereocenters. The number of rotatable bonds is 2. The van der Waals surface area contributed by atoms with Crippen LogP contribution in [0.3, 0.4) is 0 Å². The van der Waals surface area contributed by atoms with Crippen LogP contribution in [-0.2, 0) is 13.0 Å². The zero-order valence-corrected chi connectivity index (χ0v) is 9.86. The zero-order valence-electron chi connectivity index (χ0n) is 9.86. The van der Waals surface area contributed by atoms with E-state index in [0.29, 0.717) is 11.3 Å². The minimum absolute atomic E-state index is 0.109. The molecule has 3 rings (SSSR count). The number of para-hydroxylation sites is 1. The maximum atomic E-state index is 11.0. The van der Waals surface area contributed by atoms with Crippen molar-refractivity contribution < 1.29 is 14.6 Å². The molecule has 0 radical (unpaired) electrons. The molecule has 0 fully saturated rings. The van der Waals surface area contributed by atoms with Gasteiger partial charge in [-0.3, -0.25) is 5.10 Å². The Hall–Kier alpha value is -2.30. The molecule has 0 saturated heterocycles. The predicted octanol–water partition coefficient (Wildman–Crippen LogP) is 2.23. The molecule has 2 heterocycles. The number of benzene rings is 1. The summed E-state index contributed by atoms with van der Waals surface area (Å²) in [4.78, 5) is 11.0. The number of fused-ring (bicyclic) bond motifs is 3. The van der Waals surface area contributed by atoms with Crippen LogP contribution in [0, 0.1) is 0 Å². The fourth-order valence-corrected chi connectivity index (χ4v) is 2.27. The van der Waals surface area contributed by atoms with Crippen molar-refractivity contribution in [1.82, 2.24) is 10.2 Å². The molecule has 18 heavy (non-hydrogen) atoms. The Morgan fingerprint density at radius 1 is 1.56 bits per heavy atom. The molecule has 2 N–H and O–H groups in total. The molecule has 5 nitrogen and oxygen atoms in total. The van der Waals surface area contributed by atoms with Gasteiger partial charge in [-0.05, 0) is 18.1 Å². The molecular formula is C13H12N2O3. The lowest BCUT2D eigenvalue weighted by molar-refractivity contribution is 0.0687. The number of H-pyrrole nitrogens is 1. The summed E-state index contributed by atoms with van der Waals surface area (Å²) in [5, 5.41) is 15.7. The first-order chi connectivity index (χ1) is 8.72. The van der Waals surface area contributed by atoms with Crippen molar-refractivity contribution in [1.29, 1.82) is 0 Å². The Labute approximate surface area is 103 Å². The first-order valence-electron chi connectivity index (χ1n) is 5.78. The minimum atomic E-state index is -1.01. The third kappa shape index (κ3) is 1.40. The fourth-order valence-electron chi connectivity index (χ4n) is 2.27. The van der Waals surface area contributed by atoms with Gasteiger partial charge in [-0.2, -0.15) is 5.10 Å². The van der Waals surface area contributed by atoms with Gasteiger partial charge in [0.25, 0.3) is 0 Å². The van der Waals surface area contributed by atoms with Crippen molar-refractivity contribution in [2.45, 2.75) is 20.0 Å². The van der Waals surface area contributed by atoms with Gasteiger partial charge in [0.05, 0.1) is 5.56 Å². The standard InChI is InChI=1S/C13H12N2O3/c1-2-7-4-3-5-8-10-9(6-18-12(7)8)11(13(16)17)15-14-10/h3-5H,2,6H2,1H3,(H,14,15)(H,16,17). The van der Waals surface area contributed by atoms with Gasteiger partial charge < -0.3 is 9.84 Å². The van der Waals surface area contributed by atoms with E-state index in [4.69, 9.17) is 9.84 Å². The summed E-state index contributed by atoms with van der Waals surface area (Å²) in [6, 6.07) is 5.85. The molecule has 0 amide bonds. The van der Waals surface area contributed by atoms with E-state index < -0.39 is 5.97 Å². The number of aromatic carboxylic acids is 1. The summed E-state index contributed by atoms with van der Waals surface area (Å²) in [7, 11) is 0. The number of nitrogens with one attached hydrogen (secondary N) is 1. The van der Waals surface area contributed by atoms with E-state index >= 15 is 0 Å². The SMILES string of the molecule is CCc1cccc2c1OCc1c-2n[nH]c1C(=O)O.